The van der Waals surface area contributed by atoms with E-state index in [4.69, 9.17) is 0 Å². The third-order valence-corrected chi connectivity index (χ3v) is 4.79. The molecule has 2 amide bonds. The summed E-state index contributed by atoms with van der Waals surface area (Å²) in [5.74, 6) is -0.137. The van der Waals surface area contributed by atoms with E-state index in [-0.39, 0.29) is 11.8 Å². The molecular formula is C21H24N2O2. The molecule has 2 aromatic carbocycles. The molecule has 0 aromatic heterocycles. The molecule has 1 saturated carbocycles. The van der Waals surface area contributed by atoms with Gasteiger partial charge < -0.3 is 9.80 Å². The summed E-state index contributed by atoms with van der Waals surface area (Å²) in [6.45, 7) is 1.05. The minimum atomic E-state index is -0.854. The average Bonchev–Trinajstić information content (AvgIpc) is 3.44. The largest absolute Gasteiger partial charge is 0.340 e. The summed E-state index contributed by atoms with van der Waals surface area (Å²) in [5.41, 5.74) is 1.28. The summed E-state index contributed by atoms with van der Waals surface area (Å²) in [4.78, 5) is 29.2. The Morgan fingerprint density at radius 2 is 1.12 bits per heavy atom. The molecule has 0 saturated heterocycles. The maximum atomic E-state index is 12.9. The van der Waals surface area contributed by atoms with Crippen molar-refractivity contribution >= 4 is 11.8 Å². The molecule has 0 atom stereocenters. The van der Waals surface area contributed by atoms with Gasteiger partial charge in [0.1, 0.15) is 5.41 Å². The molecule has 1 aliphatic carbocycles. The molecule has 2 aromatic rings. The second-order valence-corrected chi connectivity index (χ2v) is 6.88. The molecule has 3 rings (SSSR count). The van der Waals surface area contributed by atoms with Crippen LogP contribution >= 0.6 is 0 Å². The van der Waals surface area contributed by atoms with Crippen molar-refractivity contribution in [3.05, 3.63) is 71.8 Å². The van der Waals surface area contributed by atoms with Crippen molar-refractivity contribution in [1.29, 1.82) is 0 Å². The Balaban J connectivity index is 1.66. The number of hydrogen-bond donors (Lipinski definition) is 0. The van der Waals surface area contributed by atoms with Gasteiger partial charge in [0.2, 0.25) is 11.8 Å². The van der Waals surface area contributed by atoms with E-state index in [0.29, 0.717) is 25.9 Å². The SMILES string of the molecule is CN(Cc1ccccc1)C(=O)C1(C(=O)N(C)Cc2ccccc2)CC1. The molecule has 4 heteroatoms. The van der Waals surface area contributed by atoms with Gasteiger partial charge in [-0.15, -0.1) is 0 Å². The second kappa shape index (κ2) is 7.09. The summed E-state index contributed by atoms with van der Waals surface area (Å²) in [6.07, 6.45) is 1.28. The van der Waals surface area contributed by atoms with Gasteiger partial charge in [-0.25, -0.2) is 0 Å². The van der Waals surface area contributed by atoms with Gasteiger partial charge in [0.25, 0.3) is 0 Å². The average molecular weight is 336 g/mol. The van der Waals surface area contributed by atoms with Crippen molar-refractivity contribution in [2.75, 3.05) is 14.1 Å². The van der Waals surface area contributed by atoms with E-state index in [1.165, 1.54) is 0 Å². The van der Waals surface area contributed by atoms with Crippen LogP contribution in [-0.2, 0) is 22.7 Å². The number of amides is 2. The molecular weight excluding hydrogens is 312 g/mol. The number of hydrogen-bond acceptors (Lipinski definition) is 2. The molecule has 0 unspecified atom stereocenters. The Bertz CT molecular complexity index is 678. The van der Waals surface area contributed by atoms with Crippen molar-refractivity contribution in [1.82, 2.24) is 9.80 Å². The van der Waals surface area contributed by atoms with Crippen LogP contribution in [0.15, 0.2) is 60.7 Å². The lowest BCUT2D eigenvalue weighted by molar-refractivity contribution is -0.148. The minimum Gasteiger partial charge on any atom is -0.340 e. The van der Waals surface area contributed by atoms with E-state index in [0.717, 1.165) is 11.1 Å². The third kappa shape index (κ3) is 3.73. The molecule has 0 radical (unpaired) electrons. The van der Waals surface area contributed by atoms with E-state index >= 15 is 0 Å². The summed E-state index contributed by atoms with van der Waals surface area (Å²) < 4.78 is 0. The van der Waals surface area contributed by atoms with Crippen molar-refractivity contribution in [2.45, 2.75) is 25.9 Å². The van der Waals surface area contributed by atoms with Crippen LogP contribution in [0.1, 0.15) is 24.0 Å². The fourth-order valence-corrected chi connectivity index (χ4v) is 3.23. The number of rotatable bonds is 6. The fraction of sp³-hybridized carbons (Fsp3) is 0.333. The first kappa shape index (κ1) is 17.2. The van der Waals surface area contributed by atoms with Crippen LogP contribution in [0.2, 0.25) is 0 Å². The number of benzene rings is 2. The maximum Gasteiger partial charge on any atom is 0.238 e. The molecule has 0 aliphatic heterocycles. The predicted molar refractivity (Wildman–Crippen MR) is 97.5 cm³/mol. The van der Waals surface area contributed by atoms with Crippen molar-refractivity contribution in [2.24, 2.45) is 5.41 Å². The monoisotopic (exact) mass is 336 g/mol. The quantitative estimate of drug-likeness (QED) is 0.761. The Morgan fingerprint density at radius 1 is 0.760 bits per heavy atom. The summed E-state index contributed by atoms with van der Waals surface area (Å²) >= 11 is 0. The van der Waals surface area contributed by atoms with Gasteiger partial charge in [0.15, 0.2) is 0 Å². The zero-order valence-corrected chi connectivity index (χ0v) is 14.8. The lowest BCUT2D eigenvalue weighted by Gasteiger charge is -2.27. The lowest BCUT2D eigenvalue weighted by atomic mass is 10.0. The predicted octanol–water partition coefficient (Wildman–Crippen LogP) is 3.08. The molecule has 25 heavy (non-hydrogen) atoms. The van der Waals surface area contributed by atoms with E-state index < -0.39 is 5.41 Å². The van der Waals surface area contributed by atoms with Crippen LogP contribution in [0, 0.1) is 5.41 Å². The first-order valence-electron chi connectivity index (χ1n) is 8.62. The topological polar surface area (TPSA) is 40.6 Å². The van der Waals surface area contributed by atoms with Gasteiger partial charge in [0, 0.05) is 27.2 Å². The zero-order valence-electron chi connectivity index (χ0n) is 14.8. The minimum absolute atomic E-state index is 0.0683. The second-order valence-electron chi connectivity index (χ2n) is 6.88. The van der Waals surface area contributed by atoms with Crippen LogP contribution in [0.3, 0.4) is 0 Å². The van der Waals surface area contributed by atoms with Gasteiger partial charge in [0.05, 0.1) is 0 Å². The normalized spacial score (nSPS) is 14.6. The van der Waals surface area contributed by atoms with Gasteiger partial charge in [-0.05, 0) is 24.0 Å². The smallest absolute Gasteiger partial charge is 0.238 e. The first-order valence-corrected chi connectivity index (χ1v) is 8.62. The van der Waals surface area contributed by atoms with Crippen LogP contribution in [-0.4, -0.2) is 35.7 Å². The lowest BCUT2D eigenvalue weighted by Crippen LogP contribution is -2.44. The van der Waals surface area contributed by atoms with Crippen molar-refractivity contribution < 1.29 is 9.59 Å². The summed E-state index contributed by atoms with van der Waals surface area (Å²) in [6, 6.07) is 19.7. The zero-order chi connectivity index (χ0) is 17.9. The molecule has 0 bridgehead atoms. The van der Waals surface area contributed by atoms with Crippen LogP contribution < -0.4 is 0 Å². The standard InChI is InChI=1S/C21H24N2O2/c1-22(15-17-9-5-3-6-10-17)19(24)21(13-14-21)20(25)23(2)16-18-11-7-4-8-12-18/h3-12H,13-16H2,1-2H3. The molecule has 0 heterocycles. The molecule has 1 aliphatic rings. The maximum absolute atomic E-state index is 12.9. The van der Waals surface area contributed by atoms with E-state index in [9.17, 15) is 9.59 Å². The molecule has 0 spiro atoms. The Kier molecular flexibility index (Phi) is 4.88. The highest BCUT2D eigenvalue weighted by atomic mass is 16.2. The van der Waals surface area contributed by atoms with Crippen molar-refractivity contribution in [3.8, 4) is 0 Å². The van der Waals surface area contributed by atoms with Crippen molar-refractivity contribution in [3.63, 3.8) is 0 Å². The summed E-state index contributed by atoms with van der Waals surface area (Å²) in [5, 5.41) is 0. The number of carbonyl (C=O) groups excluding carboxylic acids is 2. The Morgan fingerprint density at radius 3 is 1.44 bits per heavy atom. The highest BCUT2D eigenvalue weighted by molar-refractivity contribution is 6.07. The third-order valence-electron chi connectivity index (χ3n) is 4.79. The van der Waals surface area contributed by atoms with E-state index in [2.05, 4.69) is 0 Å². The van der Waals surface area contributed by atoms with Gasteiger partial charge >= 0.3 is 0 Å². The van der Waals surface area contributed by atoms with Gasteiger partial charge in [-0.1, -0.05) is 60.7 Å². The van der Waals surface area contributed by atoms with E-state index in [1.807, 2.05) is 60.7 Å². The van der Waals surface area contributed by atoms with Crippen LogP contribution in [0.5, 0.6) is 0 Å². The Labute approximate surface area is 149 Å². The molecule has 1 fully saturated rings. The molecule has 4 nitrogen and oxygen atoms in total. The molecule has 130 valence electrons. The first-order chi connectivity index (χ1) is 12.0. The molecule has 0 N–H and O–H groups in total. The highest BCUT2D eigenvalue weighted by Crippen LogP contribution is 2.48. The van der Waals surface area contributed by atoms with Crippen LogP contribution in [0.25, 0.3) is 0 Å². The summed E-state index contributed by atoms with van der Waals surface area (Å²) in [7, 11) is 3.56. The highest BCUT2D eigenvalue weighted by Gasteiger charge is 2.58. The fourth-order valence-electron chi connectivity index (χ4n) is 3.23. The van der Waals surface area contributed by atoms with Gasteiger partial charge in [-0.3, -0.25) is 9.59 Å². The number of nitrogens with zero attached hydrogens (tertiary/aromatic N) is 2. The Hall–Kier alpha value is -2.62. The van der Waals surface area contributed by atoms with E-state index in [1.54, 1.807) is 23.9 Å². The number of carbonyl (C=O) groups is 2. The van der Waals surface area contributed by atoms with Crippen LogP contribution in [0.4, 0.5) is 0 Å². The van der Waals surface area contributed by atoms with Gasteiger partial charge in [-0.2, -0.15) is 0 Å².